The summed E-state index contributed by atoms with van der Waals surface area (Å²) in [6.07, 6.45) is 0.727. The number of methoxy groups -OCH3 is 1. The quantitative estimate of drug-likeness (QED) is 0.913. The third kappa shape index (κ3) is 3.13. The van der Waals surface area contributed by atoms with Gasteiger partial charge >= 0.3 is 5.97 Å². The standard InChI is InChI=1S/C16H16O3/c1-11-3-8-15(19-2)14(9-11)10-12-4-6-13(7-5-12)16(17)18/h3-9H,10H2,1-2H3,(H,17,18). The maximum absolute atomic E-state index is 10.8. The van der Waals surface area contributed by atoms with Gasteiger partial charge in [-0.3, -0.25) is 0 Å². The van der Waals surface area contributed by atoms with Gasteiger partial charge in [-0.2, -0.15) is 0 Å². The smallest absolute Gasteiger partial charge is 0.335 e. The molecule has 0 aliphatic carbocycles. The van der Waals surface area contributed by atoms with E-state index in [1.165, 1.54) is 5.56 Å². The molecule has 3 heteroatoms. The molecular formula is C16H16O3. The molecule has 3 nitrogen and oxygen atoms in total. The van der Waals surface area contributed by atoms with Crippen molar-refractivity contribution in [1.82, 2.24) is 0 Å². The number of rotatable bonds is 4. The fourth-order valence-electron chi connectivity index (χ4n) is 2.03. The summed E-state index contributed by atoms with van der Waals surface area (Å²) < 4.78 is 5.34. The summed E-state index contributed by atoms with van der Waals surface area (Å²) in [7, 11) is 1.65. The lowest BCUT2D eigenvalue weighted by Gasteiger charge is -2.09. The molecule has 98 valence electrons. The van der Waals surface area contributed by atoms with Gasteiger partial charge in [-0.05, 0) is 36.2 Å². The van der Waals surface area contributed by atoms with Crippen molar-refractivity contribution in [3.05, 3.63) is 64.7 Å². The Bertz CT molecular complexity index is 585. The molecule has 0 unspecified atom stereocenters. The third-order valence-corrected chi connectivity index (χ3v) is 3.03. The lowest BCUT2D eigenvalue weighted by Crippen LogP contribution is -1.98. The normalized spacial score (nSPS) is 10.2. The molecule has 19 heavy (non-hydrogen) atoms. The van der Waals surface area contributed by atoms with Gasteiger partial charge in [-0.25, -0.2) is 4.79 Å². The molecule has 0 saturated heterocycles. The predicted octanol–water partition coefficient (Wildman–Crippen LogP) is 3.29. The summed E-state index contributed by atoms with van der Waals surface area (Å²) >= 11 is 0. The molecule has 0 fully saturated rings. The van der Waals surface area contributed by atoms with Crippen LogP contribution in [0.25, 0.3) is 0 Å². The van der Waals surface area contributed by atoms with E-state index in [1.54, 1.807) is 19.2 Å². The Morgan fingerprint density at radius 1 is 1.16 bits per heavy atom. The van der Waals surface area contributed by atoms with Gasteiger partial charge in [-0.15, -0.1) is 0 Å². The Balaban J connectivity index is 2.25. The minimum atomic E-state index is -0.903. The first kappa shape index (κ1) is 13.1. The molecule has 2 aromatic carbocycles. The van der Waals surface area contributed by atoms with Crippen LogP contribution in [0.4, 0.5) is 0 Å². The largest absolute Gasteiger partial charge is 0.496 e. The minimum Gasteiger partial charge on any atom is -0.496 e. The van der Waals surface area contributed by atoms with Crippen LogP contribution < -0.4 is 4.74 Å². The highest BCUT2D eigenvalue weighted by molar-refractivity contribution is 5.87. The summed E-state index contributed by atoms with van der Waals surface area (Å²) in [5.74, 6) is -0.0485. The van der Waals surface area contributed by atoms with E-state index in [-0.39, 0.29) is 0 Å². The van der Waals surface area contributed by atoms with Gasteiger partial charge in [-0.1, -0.05) is 29.8 Å². The van der Waals surface area contributed by atoms with Gasteiger partial charge in [0, 0.05) is 6.42 Å². The molecule has 0 bridgehead atoms. The van der Waals surface area contributed by atoms with Crippen molar-refractivity contribution in [2.24, 2.45) is 0 Å². The number of carboxylic acid groups (broad SMARTS) is 1. The zero-order valence-corrected chi connectivity index (χ0v) is 11.0. The maximum atomic E-state index is 10.8. The van der Waals surface area contributed by atoms with E-state index in [1.807, 2.05) is 31.2 Å². The molecule has 0 aliphatic heterocycles. The molecule has 0 spiro atoms. The molecule has 0 aromatic heterocycles. The first-order valence-corrected chi connectivity index (χ1v) is 6.06. The van der Waals surface area contributed by atoms with Crippen molar-refractivity contribution in [3.8, 4) is 5.75 Å². The molecule has 0 aliphatic rings. The molecule has 2 rings (SSSR count). The summed E-state index contributed by atoms with van der Waals surface area (Å²) in [4.78, 5) is 10.8. The second-order valence-electron chi connectivity index (χ2n) is 4.49. The van der Waals surface area contributed by atoms with Crippen molar-refractivity contribution >= 4 is 5.97 Å². The zero-order chi connectivity index (χ0) is 13.8. The lowest BCUT2D eigenvalue weighted by atomic mass is 10.0. The van der Waals surface area contributed by atoms with Crippen LogP contribution in [-0.4, -0.2) is 18.2 Å². The number of ether oxygens (including phenoxy) is 1. The number of carbonyl (C=O) groups is 1. The topological polar surface area (TPSA) is 46.5 Å². The van der Waals surface area contributed by atoms with Gasteiger partial charge in [0.1, 0.15) is 5.75 Å². The fourth-order valence-corrected chi connectivity index (χ4v) is 2.03. The van der Waals surface area contributed by atoms with Crippen LogP contribution >= 0.6 is 0 Å². The van der Waals surface area contributed by atoms with E-state index in [2.05, 4.69) is 6.07 Å². The average molecular weight is 256 g/mol. The van der Waals surface area contributed by atoms with Crippen molar-refractivity contribution < 1.29 is 14.6 Å². The Morgan fingerprint density at radius 2 is 1.84 bits per heavy atom. The average Bonchev–Trinajstić information content (AvgIpc) is 2.39. The highest BCUT2D eigenvalue weighted by Gasteiger charge is 2.06. The molecule has 0 amide bonds. The van der Waals surface area contributed by atoms with Gasteiger partial charge in [0.15, 0.2) is 0 Å². The molecule has 1 N–H and O–H groups in total. The Labute approximate surface area is 112 Å². The van der Waals surface area contributed by atoms with Crippen molar-refractivity contribution in [2.45, 2.75) is 13.3 Å². The van der Waals surface area contributed by atoms with Crippen molar-refractivity contribution in [3.63, 3.8) is 0 Å². The minimum absolute atomic E-state index is 0.306. The van der Waals surface area contributed by atoms with Crippen LogP contribution in [0.15, 0.2) is 42.5 Å². The maximum Gasteiger partial charge on any atom is 0.335 e. The Hall–Kier alpha value is -2.29. The number of carboxylic acids is 1. The van der Waals surface area contributed by atoms with E-state index in [0.717, 1.165) is 23.3 Å². The van der Waals surface area contributed by atoms with Gasteiger partial charge in [0.05, 0.1) is 12.7 Å². The fraction of sp³-hybridized carbons (Fsp3) is 0.188. The number of hydrogen-bond donors (Lipinski definition) is 1. The molecule has 0 radical (unpaired) electrons. The summed E-state index contributed by atoms with van der Waals surface area (Å²) in [6, 6.07) is 13.0. The van der Waals surface area contributed by atoms with Crippen molar-refractivity contribution in [1.29, 1.82) is 0 Å². The van der Waals surface area contributed by atoms with Gasteiger partial charge < -0.3 is 9.84 Å². The molecule has 0 saturated carbocycles. The van der Waals surface area contributed by atoms with Crippen LogP contribution in [-0.2, 0) is 6.42 Å². The number of aromatic carboxylic acids is 1. The highest BCUT2D eigenvalue weighted by atomic mass is 16.5. The number of aryl methyl sites for hydroxylation is 1. The lowest BCUT2D eigenvalue weighted by molar-refractivity contribution is 0.0697. The van der Waals surface area contributed by atoms with E-state index in [4.69, 9.17) is 9.84 Å². The van der Waals surface area contributed by atoms with E-state index >= 15 is 0 Å². The summed E-state index contributed by atoms with van der Waals surface area (Å²) in [5, 5.41) is 8.86. The van der Waals surface area contributed by atoms with Gasteiger partial charge in [0.2, 0.25) is 0 Å². The van der Waals surface area contributed by atoms with Crippen LogP contribution in [0.1, 0.15) is 27.0 Å². The summed E-state index contributed by atoms with van der Waals surface area (Å²) in [6.45, 7) is 2.04. The third-order valence-electron chi connectivity index (χ3n) is 3.03. The highest BCUT2D eigenvalue weighted by Crippen LogP contribution is 2.23. The second kappa shape index (κ2) is 5.57. The number of hydrogen-bond acceptors (Lipinski definition) is 2. The number of benzene rings is 2. The Morgan fingerprint density at radius 3 is 2.42 bits per heavy atom. The van der Waals surface area contributed by atoms with Crippen molar-refractivity contribution in [2.75, 3.05) is 7.11 Å². The first-order chi connectivity index (χ1) is 9.10. The monoisotopic (exact) mass is 256 g/mol. The first-order valence-electron chi connectivity index (χ1n) is 6.06. The summed E-state index contributed by atoms with van der Waals surface area (Å²) in [5.41, 5.74) is 3.65. The Kier molecular flexibility index (Phi) is 3.85. The van der Waals surface area contributed by atoms with Crippen LogP contribution in [0.2, 0.25) is 0 Å². The molecule has 0 heterocycles. The molecule has 2 aromatic rings. The van der Waals surface area contributed by atoms with Crippen LogP contribution in [0, 0.1) is 6.92 Å². The zero-order valence-electron chi connectivity index (χ0n) is 11.0. The van der Waals surface area contributed by atoms with Crippen LogP contribution in [0.3, 0.4) is 0 Å². The van der Waals surface area contributed by atoms with E-state index in [9.17, 15) is 4.79 Å². The molecular weight excluding hydrogens is 240 g/mol. The second-order valence-corrected chi connectivity index (χ2v) is 4.49. The van der Waals surface area contributed by atoms with Gasteiger partial charge in [0.25, 0.3) is 0 Å². The van der Waals surface area contributed by atoms with E-state index in [0.29, 0.717) is 5.56 Å². The molecule has 0 atom stereocenters. The van der Waals surface area contributed by atoms with Crippen LogP contribution in [0.5, 0.6) is 5.75 Å². The van der Waals surface area contributed by atoms with E-state index < -0.39 is 5.97 Å². The SMILES string of the molecule is COc1ccc(C)cc1Cc1ccc(C(=O)O)cc1. The predicted molar refractivity (Wildman–Crippen MR) is 73.9 cm³/mol.